The number of carboxylic acids is 1. The fourth-order valence-electron chi connectivity index (χ4n) is 0.443. The molecule has 0 unspecified atom stereocenters. The lowest BCUT2D eigenvalue weighted by Crippen LogP contribution is -2.17. The lowest BCUT2D eigenvalue weighted by molar-refractivity contribution is -0.133. The van der Waals surface area contributed by atoms with Crippen molar-refractivity contribution in [1.29, 1.82) is 0 Å². The van der Waals surface area contributed by atoms with E-state index in [1.807, 2.05) is 0 Å². The first-order valence-electron chi connectivity index (χ1n) is 2.40. The summed E-state index contributed by atoms with van der Waals surface area (Å²) in [7, 11) is 1.43. The second-order valence-electron chi connectivity index (χ2n) is 1.52. The van der Waals surface area contributed by atoms with Crippen molar-refractivity contribution in [3.8, 4) is 0 Å². The zero-order valence-corrected chi connectivity index (χ0v) is 5.30. The smallest absolute Gasteiger partial charge is 0.355 e. The monoisotopic (exact) mass is 131 g/mol. The Balaban J connectivity index is 4.35. The van der Waals surface area contributed by atoms with E-state index in [9.17, 15) is 4.79 Å². The lowest BCUT2D eigenvalue weighted by atomic mass is 10.4. The zero-order chi connectivity index (χ0) is 7.44. The SMILES string of the molecule is CN/C(C(=O)O)=C(\C)O. The topological polar surface area (TPSA) is 69.6 Å². The van der Waals surface area contributed by atoms with Gasteiger partial charge in [0.25, 0.3) is 0 Å². The van der Waals surface area contributed by atoms with E-state index < -0.39 is 5.97 Å². The molecule has 0 heterocycles. The summed E-state index contributed by atoms with van der Waals surface area (Å²) >= 11 is 0. The van der Waals surface area contributed by atoms with Crippen LogP contribution >= 0.6 is 0 Å². The zero-order valence-electron chi connectivity index (χ0n) is 5.30. The highest BCUT2D eigenvalue weighted by molar-refractivity contribution is 5.86. The fourth-order valence-corrected chi connectivity index (χ4v) is 0.443. The second kappa shape index (κ2) is 2.96. The molecule has 4 nitrogen and oxygen atoms in total. The Morgan fingerprint density at radius 1 is 1.44 bits per heavy atom. The van der Waals surface area contributed by atoms with Gasteiger partial charge in [0.1, 0.15) is 5.76 Å². The third-order valence-electron chi connectivity index (χ3n) is 0.826. The molecule has 0 amide bonds. The molecule has 0 aromatic heterocycles. The van der Waals surface area contributed by atoms with Crippen LogP contribution in [0.4, 0.5) is 0 Å². The minimum atomic E-state index is -1.16. The molecular formula is C5H9NO3. The number of nitrogens with one attached hydrogen (secondary N) is 1. The van der Waals surface area contributed by atoms with Gasteiger partial charge in [-0.1, -0.05) is 0 Å². The van der Waals surface area contributed by atoms with Crippen LogP contribution in [0.3, 0.4) is 0 Å². The number of aliphatic carboxylic acids is 1. The molecule has 52 valence electrons. The number of rotatable bonds is 2. The molecule has 0 aromatic rings. The van der Waals surface area contributed by atoms with Gasteiger partial charge < -0.3 is 15.5 Å². The van der Waals surface area contributed by atoms with Crippen LogP contribution in [0.5, 0.6) is 0 Å². The van der Waals surface area contributed by atoms with Gasteiger partial charge in [-0.3, -0.25) is 0 Å². The van der Waals surface area contributed by atoms with Crippen LogP contribution in [0.25, 0.3) is 0 Å². The van der Waals surface area contributed by atoms with Crippen LogP contribution in [0.1, 0.15) is 6.92 Å². The maximum atomic E-state index is 10.1. The van der Waals surface area contributed by atoms with Crippen molar-refractivity contribution in [3.63, 3.8) is 0 Å². The molecule has 3 N–H and O–H groups in total. The molecule has 0 rings (SSSR count). The Morgan fingerprint density at radius 2 is 1.89 bits per heavy atom. The molecule has 0 bridgehead atoms. The number of aliphatic hydroxyl groups is 1. The first-order valence-corrected chi connectivity index (χ1v) is 2.40. The molecule has 0 radical (unpaired) electrons. The third-order valence-corrected chi connectivity index (χ3v) is 0.826. The van der Waals surface area contributed by atoms with Crippen LogP contribution in [0, 0.1) is 0 Å². The van der Waals surface area contributed by atoms with Gasteiger partial charge in [0.05, 0.1) is 0 Å². The summed E-state index contributed by atoms with van der Waals surface area (Å²) in [5, 5.41) is 19.2. The number of allylic oxidation sites excluding steroid dienone is 1. The van der Waals surface area contributed by atoms with Crippen LogP contribution in [0.2, 0.25) is 0 Å². The van der Waals surface area contributed by atoms with Gasteiger partial charge in [0.2, 0.25) is 0 Å². The molecule has 0 aromatic carbocycles. The van der Waals surface area contributed by atoms with Crippen molar-refractivity contribution < 1.29 is 15.0 Å². The highest BCUT2D eigenvalue weighted by Crippen LogP contribution is 1.93. The molecule has 0 spiro atoms. The Morgan fingerprint density at radius 3 is 1.89 bits per heavy atom. The fraction of sp³-hybridized carbons (Fsp3) is 0.400. The first-order chi connectivity index (χ1) is 4.09. The van der Waals surface area contributed by atoms with Gasteiger partial charge >= 0.3 is 5.97 Å². The van der Waals surface area contributed by atoms with Crippen molar-refractivity contribution in [1.82, 2.24) is 5.32 Å². The van der Waals surface area contributed by atoms with Gasteiger partial charge in [-0.2, -0.15) is 0 Å². The number of carbonyl (C=O) groups is 1. The van der Waals surface area contributed by atoms with Gasteiger partial charge in [-0.15, -0.1) is 0 Å². The first kappa shape index (κ1) is 7.81. The van der Waals surface area contributed by atoms with Crippen LogP contribution in [-0.4, -0.2) is 23.2 Å². The molecule has 0 aliphatic rings. The predicted molar refractivity (Wildman–Crippen MR) is 32.0 cm³/mol. The van der Waals surface area contributed by atoms with E-state index in [1.54, 1.807) is 0 Å². The Hall–Kier alpha value is -1.19. The van der Waals surface area contributed by atoms with Crippen LogP contribution in [0.15, 0.2) is 11.5 Å². The molecule has 9 heavy (non-hydrogen) atoms. The van der Waals surface area contributed by atoms with Crippen molar-refractivity contribution in [2.45, 2.75) is 6.92 Å². The molecule has 0 atom stereocenters. The summed E-state index contributed by atoms with van der Waals surface area (Å²) in [6.07, 6.45) is 0. The standard InChI is InChI=1S/C5H9NO3/c1-3(7)4(6-2)5(8)9/h6-7H,1-2H3,(H,8,9)/b4-3+. The molecule has 0 saturated carbocycles. The minimum absolute atomic E-state index is 0.171. The van der Waals surface area contributed by atoms with Crippen molar-refractivity contribution in [2.24, 2.45) is 0 Å². The van der Waals surface area contributed by atoms with E-state index in [0.717, 1.165) is 0 Å². The predicted octanol–water partition coefficient (Wildman–Crippen LogP) is 0.0799. The summed E-state index contributed by atoms with van der Waals surface area (Å²) < 4.78 is 0. The number of carboxylic acid groups (broad SMARTS) is 1. The average Bonchev–Trinajstić information content (AvgIpc) is 1.64. The van der Waals surface area contributed by atoms with E-state index in [2.05, 4.69) is 5.32 Å². The quantitative estimate of drug-likeness (QED) is 0.366. The summed E-state index contributed by atoms with van der Waals surface area (Å²) in [5.74, 6) is -1.37. The normalized spacial score (nSPS) is 12.2. The summed E-state index contributed by atoms with van der Waals surface area (Å²) in [4.78, 5) is 10.1. The van der Waals surface area contributed by atoms with E-state index in [-0.39, 0.29) is 11.5 Å². The van der Waals surface area contributed by atoms with Gasteiger partial charge in [-0.05, 0) is 6.92 Å². The van der Waals surface area contributed by atoms with E-state index in [4.69, 9.17) is 10.2 Å². The van der Waals surface area contributed by atoms with Crippen molar-refractivity contribution in [3.05, 3.63) is 11.5 Å². The second-order valence-corrected chi connectivity index (χ2v) is 1.52. The third kappa shape index (κ3) is 2.03. The highest BCUT2D eigenvalue weighted by Gasteiger charge is 2.06. The average molecular weight is 131 g/mol. The van der Waals surface area contributed by atoms with Gasteiger partial charge in [-0.25, -0.2) is 4.79 Å². The summed E-state index contributed by atoms with van der Waals surface area (Å²) in [6, 6.07) is 0. The molecule has 0 aliphatic heterocycles. The van der Waals surface area contributed by atoms with Crippen LogP contribution < -0.4 is 5.32 Å². The van der Waals surface area contributed by atoms with E-state index in [0.29, 0.717) is 0 Å². The summed E-state index contributed by atoms with van der Waals surface area (Å²) in [5.41, 5.74) is -0.171. The van der Waals surface area contributed by atoms with E-state index >= 15 is 0 Å². The Bertz CT molecular complexity index is 146. The van der Waals surface area contributed by atoms with Gasteiger partial charge in [0, 0.05) is 7.05 Å². The molecule has 4 heteroatoms. The number of hydrogen-bond donors (Lipinski definition) is 3. The Labute approximate surface area is 52.8 Å². The lowest BCUT2D eigenvalue weighted by Gasteiger charge is -1.99. The molecular weight excluding hydrogens is 122 g/mol. The Kier molecular flexibility index (Phi) is 2.57. The molecule has 0 saturated heterocycles. The minimum Gasteiger partial charge on any atom is -0.510 e. The van der Waals surface area contributed by atoms with Crippen molar-refractivity contribution in [2.75, 3.05) is 7.05 Å². The largest absolute Gasteiger partial charge is 0.510 e. The molecule has 0 aliphatic carbocycles. The highest BCUT2D eigenvalue weighted by atomic mass is 16.4. The van der Waals surface area contributed by atoms with Crippen molar-refractivity contribution >= 4 is 5.97 Å². The number of hydrogen-bond acceptors (Lipinski definition) is 3. The van der Waals surface area contributed by atoms with E-state index in [1.165, 1.54) is 14.0 Å². The maximum Gasteiger partial charge on any atom is 0.355 e. The van der Waals surface area contributed by atoms with Crippen LogP contribution in [-0.2, 0) is 4.79 Å². The number of likely N-dealkylation sites (N-methyl/N-ethyl adjacent to an activating group) is 1. The summed E-state index contributed by atoms with van der Waals surface area (Å²) in [6.45, 7) is 1.31. The van der Waals surface area contributed by atoms with Gasteiger partial charge in [0.15, 0.2) is 5.70 Å². The molecule has 0 fully saturated rings. The number of aliphatic hydroxyl groups excluding tert-OH is 1. The maximum absolute atomic E-state index is 10.1.